The summed E-state index contributed by atoms with van der Waals surface area (Å²) in [4.78, 5) is 43.8. The lowest BCUT2D eigenvalue weighted by Crippen LogP contribution is -2.38. The monoisotopic (exact) mass is 564 g/mol. The van der Waals surface area contributed by atoms with Gasteiger partial charge in [0.05, 0.1) is 30.7 Å². The molecule has 1 saturated heterocycles. The zero-order chi connectivity index (χ0) is 26.6. The number of carbonyl (C=O) groups excluding carboxylic acids is 4. The molecule has 3 aliphatic carbocycles. The van der Waals surface area contributed by atoms with Crippen LogP contribution in [0.15, 0.2) is 0 Å². The van der Waals surface area contributed by atoms with Gasteiger partial charge in [0.2, 0.25) is 0 Å². The average Bonchev–Trinajstić information content (AvgIpc) is 3.58. The lowest BCUT2D eigenvalue weighted by atomic mass is 9.90. The molecule has 4 atom stereocenters. The van der Waals surface area contributed by atoms with E-state index in [1.165, 1.54) is 6.92 Å². The Balaban J connectivity index is 0.000000481. The normalized spacial score (nSPS) is 29.5. The minimum Gasteiger partial charge on any atom is -0.378 e. The molecule has 0 aromatic rings. The number of carbonyl (C=O) groups is 4. The topological polar surface area (TPSA) is 96.0 Å². The molecule has 0 N–H and O–H groups in total. The van der Waals surface area contributed by atoms with Gasteiger partial charge in [-0.25, -0.2) is 0 Å². The first-order valence-electron chi connectivity index (χ1n) is 12.3. The number of Topliss-reactive ketones (excluding diaryl/α,β-unsaturated/α-hetero) is 4. The first kappa shape index (κ1) is 35.2. The Morgan fingerprint density at radius 1 is 0.889 bits per heavy atom. The second kappa shape index (κ2) is 16.9. The largest absolute Gasteiger partial charge is 0.378 e. The second-order valence-electron chi connectivity index (χ2n) is 9.73. The molecule has 208 valence electrons. The second-order valence-corrected chi connectivity index (χ2v) is 11.5. The van der Waals surface area contributed by atoms with E-state index in [0.29, 0.717) is 19.6 Å². The molecule has 0 aromatic heterocycles. The fraction of sp³-hybridized carbons (Fsp3) is 0.846. The molecule has 36 heavy (non-hydrogen) atoms. The summed E-state index contributed by atoms with van der Waals surface area (Å²) < 4.78 is 16.4. The predicted octanol–water partition coefficient (Wildman–Crippen LogP) is 4.47. The van der Waals surface area contributed by atoms with Gasteiger partial charge in [0.1, 0.15) is 23.1 Å². The molecule has 3 unspecified atom stereocenters. The summed E-state index contributed by atoms with van der Waals surface area (Å²) in [5.41, 5.74) is -0.175. The van der Waals surface area contributed by atoms with E-state index in [1.807, 2.05) is 6.92 Å². The Morgan fingerprint density at radius 3 is 1.75 bits per heavy atom. The molecule has 10 heteroatoms. The van der Waals surface area contributed by atoms with Crippen molar-refractivity contribution in [2.24, 2.45) is 17.8 Å². The van der Waals surface area contributed by atoms with Crippen LogP contribution in [0, 0.1) is 17.8 Å². The summed E-state index contributed by atoms with van der Waals surface area (Å²) >= 11 is 8.25. The van der Waals surface area contributed by atoms with Crippen LogP contribution in [0.4, 0.5) is 0 Å². The van der Waals surface area contributed by atoms with Crippen LogP contribution in [0.2, 0.25) is 0 Å². The van der Waals surface area contributed by atoms with Gasteiger partial charge in [-0.2, -0.15) is 0 Å². The number of hydrogen-bond acceptors (Lipinski definition) is 9. The van der Waals surface area contributed by atoms with Gasteiger partial charge in [-0.15, -0.1) is 0 Å². The molecular weight excluding hydrogens is 520 g/mol. The third kappa shape index (κ3) is 9.83. The molecule has 3 saturated carbocycles. The smallest absolute Gasteiger partial charge is 0.178 e. The van der Waals surface area contributed by atoms with Crippen molar-refractivity contribution in [3.8, 4) is 0 Å². The number of hydrogen-bond donors (Lipinski definition) is 0. The lowest BCUT2D eigenvalue weighted by Gasteiger charge is -2.28. The molecular formula is C26H44O7S3. The molecule has 0 amide bonds. The summed E-state index contributed by atoms with van der Waals surface area (Å²) in [6, 6.07) is 0. The number of rotatable bonds is 4. The van der Waals surface area contributed by atoms with Crippen LogP contribution in [0.1, 0.15) is 92.9 Å². The maximum absolute atomic E-state index is 11.2. The van der Waals surface area contributed by atoms with Gasteiger partial charge in [0, 0.05) is 57.1 Å². The maximum Gasteiger partial charge on any atom is 0.178 e. The van der Waals surface area contributed by atoms with E-state index in [0.717, 1.165) is 60.2 Å². The molecule has 0 bridgehead atoms. The van der Waals surface area contributed by atoms with Crippen molar-refractivity contribution in [2.45, 2.75) is 104 Å². The first-order valence-corrected chi connectivity index (χ1v) is 14.9. The zero-order valence-electron chi connectivity index (χ0n) is 21.6. The molecule has 0 aromatic carbocycles. The van der Waals surface area contributed by atoms with Crippen LogP contribution in [-0.2, 0) is 64.6 Å². The molecule has 1 aliphatic heterocycles. The average molecular weight is 565 g/mol. The number of methoxy groups -OCH3 is 1. The van der Waals surface area contributed by atoms with Gasteiger partial charge >= 0.3 is 0 Å². The highest BCUT2D eigenvalue weighted by molar-refractivity contribution is 8.37. The predicted molar refractivity (Wildman–Crippen MR) is 148 cm³/mol. The van der Waals surface area contributed by atoms with Gasteiger partial charge < -0.3 is 14.2 Å². The van der Waals surface area contributed by atoms with E-state index in [9.17, 15) is 19.2 Å². The summed E-state index contributed by atoms with van der Waals surface area (Å²) in [6.07, 6.45) is 8.31. The number of ether oxygens (including phenoxy) is 3. The minimum atomic E-state index is -0.522. The first-order chi connectivity index (χ1) is 16.5. The maximum atomic E-state index is 11.2. The van der Waals surface area contributed by atoms with Crippen molar-refractivity contribution >= 4 is 54.4 Å². The molecule has 4 fully saturated rings. The fourth-order valence-electron chi connectivity index (χ4n) is 5.54. The van der Waals surface area contributed by atoms with E-state index in [-0.39, 0.29) is 53.9 Å². The van der Waals surface area contributed by atoms with Crippen molar-refractivity contribution in [3.05, 3.63) is 0 Å². The van der Waals surface area contributed by atoms with Crippen LogP contribution in [0.25, 0.3) is 0 Å². The Morgan fingerprint density at radius 2 is 1.39 bits per heavy atom. The van der Waals surface area contributed by atoms with Gasteiger partial charge in [-0.05, 0) is 72.6 Å². The molecule has 4 aliphatic rings. The van der Waals surface area contributed by atoms with Crippen LogP contribution in [0.3, 0.4) is 0 Å². The zero-order valence-corrected chi connectivity index (χ0v) is 24.0. The van der Waals surface area contributed by atoms with Crippen LogP contribution in [-0.4, -0.2) is 54.8 Å². The van der Waals surface area contributed by atoms with Gasteiger partial charge in [0.15, 0.2) is 5.79 Å². The quantitative estimate of drug-likeness (QED) is 0.458. The highest BCUT2D eigenvalue weighted by Crippen LogP contribution is 2.42. The van der Waals surface area contributed by atoms with Crippen LogP contribution in [0.5, 0.6) is 0 Å². The third-order valence-corrected chi connectivity index (χ3v) is 7.47. The van der Waals surface area contributed by atoms with Crippen molar-refractivity contribution in [1.82, 2.24) is 0 Å². The molecule has 4 rings (SSSR count). The third-order valence-electron chi connectivity index (χ3n) is 7.47. The van der Waals surface area contributed by atoms with Crippen molar-refractivity contribution in [2.75, 3.05) is 20.3 Å². The minimum absolute atomic E-state index is 0. The summed E-state index contributed by atoms with van der Waals surface area (Å²) in [7, 11) is 2.61. The Bertz CT molecular complexity index is 783. The van der Waals surface area contributed by atoms with Crippen LogP contribution >= 0.6 is 0 Å². The molecule has 7 nitrogen and oxygen atoms in total. The van der Waals surface area contributed by atoms with Gasteiger partial charge in [-0.1, -0.05) is 7.43 Å². The van der Waals surface area contributed by atoms with Crippen molar-refractivity contribution in [3.63, 3.8) is 0 Å². The Kier molecular flexibility index (Phi) is 16.6. The van der Waals surface area contributed by atoms with Crippen molar-refractivity contribution in [1.29, 1.82) is 0 Å². The van der Waals surface area contributed by atoms with E-state index in [1.54, 1.807) is 21.0 Å². The van der Waals surface area contributed by atoms with E-state index < -0.39 is 5.79 Å². The lowest BCUT2D eigenvalue weighted by molar-refractivity contribution is -0.184. The molecule has 1 spiro atoms. The molecule has 0 radical (unpaired) electrons. The Labute approximate surface area is 229 Å². The summed E-state index contributed by atoms with van der Waals surface area (Å²) in [5.74, 6) is 0.00463. The standard InChI is InChI=1S/C9H14O3.C9H16O2.C7H10O2.CH4.S3/c1-7(10)8-3-2-4-9(8)11-5-6-12-9;1-7(10)8-5-4-6-9(8,2)11-3;1-5(8)6-3-2-4-7(6)9;;1-3-2/h8H,2-6H2,1H3;8H,4-6H2,1-3H3;6H,2-4H2,1H3;1H4;/t;8?,9-;;;/m.0.../s1. The summed E-state index contributed by atoms with van der Waals surface area (Å²) in [6.45, 7) is 8.10. The van der Waals surface area contributed by atoms with E-state index in [2.05, 4.69) is 22.4 Å². The van der Waals surface area contributed by atoms with Gasteiger partial charge in [-0.3, -0.25) is 19.2 Å². The highest BCUT2D eigenvalue weighted by Gasteiger charge is 2.49. The molecule has 1 heterocycles. The fourth-order valence-corrected chi connectivity index (χ4v) is 5.54. The van der Waals surface area contributed by atoms with E-state index >= 15 is 0 Å². The summed E-state index contributed by atoms with van der Waals surface area (Å²) in [5, 5.41) is 0. The number of ketones is 4. The highest BCUT2D eigenvalue weighted by atomic mass is 33.1. The van der Waals surface area contributed by atoms with Gasteiger partial charge in [0.25, 0.3) is 0 Å². The van der Waals surface area contributed by atoms with E-state index in [4.69, 9.17) is 14.2 Å². The van der Waals surface area contributed by atoms with Crippen molar-refractivity contribution < 1.29 is 33.4 Å². The van der Waals surface area contributed by atoms with Crippen LogP contribution < -0.4 is 0 Å². The Hall–Kier alpha value is -0.780. The SMILES string of the molecule is C.CC(=O)C1CCCC12OCCO2.CC(=O)C1CCCC1=O.CO[C@@]1(C)CCCC1C(C)=O.S=S=S.